The zero-order valence-corrected chi connectivity index (χ0v) is 14.8. The predicted molar refractivity (Wildman–Crippen MR) is 97.9 cm³/mol. The lowest BCUT2D eigenvalue weighted by molar-refractivity contribution is 0.411. The van der Waals surface area contributed by atoms with Crippen molar-refractivity contribution in [2.75, 3.05) is 19.0 Å². The Bertz CT molecular complexity index is 902. The average Bonchev–Trinajstić information content (AvgIpc) is 3.33. The van der Waals surface area contributed by atoms with Gasteiger partial charge in [-0.2, -0.15) is 0 Å². The summed E-state index contributed by atoms with van der Waals surface area (Å²) in [4.78, 5) is 8.61. The topological polar surface area (TPSA) is 89.8 Å². The zero-order chi connectivity index (χ0) is 17.9. The van der Waals surface area contributed by atoms with Crippen LogP contribution in [0.4, 0.5) is 11.6 Å². The lowest BCUT2D eigenvalue weighted by Gasteiger charge is -2.11. The van der Waals surface area contributed by atoms with E-state index in [1.165, 1.54) is 0 Å². The summed E-state index contributed by atoms with van der Waals surface area (Å²) in [6.07, 6.45) is 5.93. The Morgan fingerprint density at radius 2 is 2.23 bits per heavy atom. The second-order valence-electron chi connectivity index (χ2n) is 6.27. The van der Waals surface area contributed by atoms with Gasteiger partial charge in [-0.25, -0.2) is 14.6 Å². The average molecular weight is 351 g/mol. The number of aromatic nitrogens is 5. The quantitative estimate of drug-likeness (QED) is 0.730. The fraction of sp³-hybridized carbons (Fsp3) is 0.333. The van der Waals surface area contributed by atoms with Crippen LogP contribution >= 0.6 is 0 Å². The summed E-state index contributed by atoms with van der Waals surface area (Å²) in [5.74, 6) is 1.27. The first-order valence-corrected chi connectivity index (χ1v) is 8.63. The lowest BCUT2D eigenvalue weighted by atomic mass is 10.2. The van der Waals surface area contributed by atoms with Crippen LogP contribution in [-0.4, -0.2) is 38.6 Å². The highest BCUT2D eigenvalue weighted by Gasteiger charge is 2.20. The van der Waals surface area contributed by atoms with Crippen molar-refractivity contribution < 1.29 is 4.74 Å². The Morgan fingerprint density at radius 1 is 1.31 bits per heavy atom. The number of rotatable bonds is 5. The molecule has 8 nitrogen and oxygen atoms in total. The van der Waals surface area contributed by atoms with Gasteiger partial charge in [-0.15, -0.1) is 5.10 Å². The molecule has 0 amide bonds. The van der Waals surface area contributed by atoms with Crippen molar-refractivity contribution in [2.24, 2.45) is 0 Å². The molecular weight excluding hydrogens is 330 g/mol. The van der Waals surface area contributed by atoms with Crippen molar-refractivity contribution in [3.63, 3.8) is 0 Å². The standard InChI is InChI=1S/C18H21N7O/c1-12-7-9-20-18(21-12)22-13-5-6-17(26-2)16(10-13)25-11-15(23-24-25)14-4-3-8-19-14/h5-7,9-11,14,19H,3-4,8H2,1-2H3,(H,20,21,22)/t14-/m0/s1. The molecular formula is C18H21N7O. The first-order valence-electron chi connectivity index (χ1n) is 8.63. The van der Waals surface area contributed by atoms with E-state index in [2.05, 4.69) is 30.9 Å². The highest BCUT2D eigenvalue weighted by Crippen LogP contribution is 2.28. The van der Waals surface area contributed by atoms with Crippen LogP contribution in [0.5, 0.6) is 5.75 Å². The minimum absolute atomic E-state index is 0.275. The Labute approximate surface area is 151 Å². The largest absolute Gasteiger partial charge is 0.494 e. The van der Waals surface area contributed by atoms with Gasteiger partial charge in [0.05, 0.1) is 19.3 Å². The van der Waals surface area contributed by atoms with E-state index in [4.69, 9.17) is 4.74 Å². The third-order valence-electron chi connectivity index (χ3n) is 4.41. The van der Waals surface area contributed by atoms with Crippen LogP contribution in [0.2, 0.25) is 0 Å². The predicted octanol–water partition coefficient (Wildman–Crippen LogP) is 2.54. The molecule has 134 valence electrons. The van der Waals surface area contributed by atoms with Crippen molar-refractivity contribution in [2.45, 2.75) is 25.8 Å². The second kappa shape index (κ2) is 7.09. The molecule has 1 aliphatic heterocycles. The molecule has 0 bridgehead atoms. The molecule has 0 saturated carbocycles. The van der Waals surface area contributed by atoms with Crippen LogP contribution < -0.4 is 15.4 Å². The van der Waals surface area contributed by atoms with E-state index in [-0.39, 0.29) is 6.04 Å². The van der Waals surface area contributed by atoms with Gasteiger partial charge in [0.1, 0.15) is 17.1 Å². The van der Waals surface area contributed by atoms with E-state index in [1.54, 1.807) is 18.0 Å². The summed E-state index contributed by atoms with van der Waals surface area (Å²) in [6.45, 7) is 2.96. The lowest BCUT2D eigenvalue weighted by Crippen LogP contribution is -2.13. The summed E-state index contributed by atoms with van der Waals surface area (Å²) in [5.41, 5.74) is 3.51. The maximum absolute atomic E-state index is 5.50. The second-order valence-corrected chi connectivity index (χ2v) is 6.27. The molecule has 0 unspecified atom stereocenters. The van der Waals surface area contributed by atoms with Crippen LogP contribution in [0.1, 0.15) is 30.3 Å². The third kappa shape index (κ3) is 3.36. The summed E-state index contributed by atoms with van der Waals surface area (Å²) in [7, 11) is 1.64. The van der Waals surface area contributed by atoms with Gasteiger partial charge < -0.3 is 15.4 Å². The molecule has 1 aliphatic rings. The van der Waals surface area contributed by atoms with Gasteiger partial charge in [-0.3, -0.25) is 0 Å². The summed E-state index contributed by atoms with van der Waals surface area (Å²) in [6, 6.07) is 7.90. The third-order valence-corrected chi connectivity index (χ3v) is 4.41. The van der Waals surface area contributed by atoms with Crippen LogP contribution in [0, 0.1) is 6.92 Å². The maximum Gasteiger partial charge on any atom is 0.227 e. The number of benzene rings is 1. The molecule has 1 atom stereocenters. The Balaban J connectivity index is 1.64. The zero-order valence-electron chi connectivity index (χ0n) is 14.8. The maximum atomic E-state index is 5.50. The summed E-state index contributed by atoms with van der Waals surface area (Å²) < 4.78 is 7.24. The van der Waals surface area contributed by atoms with E-state index in [0.717, 1.165) is 47.9 Å². The summed E-state index contributed by atoms with van der Waals surface area (Å²) >= 11 is 0. The van der Waals surface area contributed by atoms with Gasteiger partial charge >= 0.3 is 0 Å². The van der Waals surface area contributed by atoms with E-state index in [1.807, 2.05) is 37.4 Å². The van der Waals surface area contributed by atoms with Gasteiger partial charge in [0.2, 0.25) is 5.95 Å². The van der Waals surface area contributed by atoms with Gasteiger partial charge in [-0.1, -0.05) is 5.21 Å². The minimum Gasteiger partial charge on any atom is -0.494 e. The molecule has 2 aromatic heterocycles. The van der Waals surface area contributed by atoms with E-state index < -0.39 is 0 Å². The van der Waals surface area contributed by atoms with Crippen LogP contribution in [0.25, 0.3) is 5.69 Å². The first kappa shape index (κ1) is 16.5. The number of aryl methyl sites for hydroxylation is 1. The molecule has 1 aromatic carbocycles. The van der Waals surface area contributed by atoms with Gasteiger partial charge in [-0.05, 0) is 50.6 Å². The number of hydrogen-bond acceptors (Lipinski definition) is 7. The minimum atomic E-state index is 0.275. The molecule has 8 heteroatoms. The molecule has 3 aromatic rings. The Hall–Kier alpha value is -3.00. The van der Waals surface area contributed by atoms with E-state index >= 15 is 0 Å². The molecule has 0 radical (unpaired) electrons. The van der Waals surface area contributed by atoms with Crippen molar-refractivity contribution in [1.29, 1.82) is 0 Å². The molecule has 0 spiro atoms. The van der Waals surface area contributed by atoms with Crippen molar-refractivity contribution in [3.8, 4) is 11.4 Å². The number of nitrogens with zero attached hydrogens (tertiary/aromatic N) is 5. The van der Waals surface area contributed by atoms with Crippen molar-refractivity contribution in [1.82, 2.24) is 30.3 Å². The van der Waals surface area contributed by atoms with Gasteiger partial charge in [0, 0.05) is 17.6 Å². The molecule has 4 rings (SSSR count). The van der Waals surface area contributed by atoms with E-state index in [9.17, 15) is 0 Å². The van der Waals surface area contributed by atoms with Crippen LogP contribution in [0.15, 0.2) is 36.7 Å². The van der Waals surface area contributed by atoms with Crippen LogP contribution in [0.3, 0.4) is 0 Å². The number of methoxy groups -OCH3 is 1. The monoisotopic (exact) mass is 351 g/mol. The van der Waals surface area contributed by atoms with Gasteiger partial charge in [0.15, 0.2) is 0 Å². The Morgan fingerprint density at radius 3 is 3.00 bits per heavy atom. The molecule has 26 heavy (non-hydrogen) atoms. The number of nitrogens with one attached hydrogen (secondary N) is 2. The number of hydrogen-bond donors (Lipinski definition) is 2. The van der Waals surface area contributed by atoms with Crippen molar-refractivity contribution >= 4 is 11.6 Å². The number of ether oxygens (including phenoxy) is 1. The fourth-order valence-corrected chi connectivity index (χ4v) is 3.08. The normalized spacial score (nSPS) is 16.6. The molecule has 0 aliphatic carbocycles. The highest BCUT2D eigenvalue weighted by molar-refractivity contribution is 5.62. The molecule has 3 heterocycles. The van der Waals surface area contributed by atoms with E-state index in [0.29, 0.717) is 5.95 Å². The summed E-state index contributed by atoms with van der Waals surface area (Å²) in [5, 5.41) is 15.3. The smallest absolute Gasteiger partial charge is 0.227 e. The molecule has 2 N–H and O–H groups in total. The fourth-order valence-electron chi connectivity index (χ4n) is 3.08. The molecule has 1 fully saturated rings. The van der Waals surface area contributed by atoms with Gasteiger partial charge in [0.25, 0.3) is 0 Å². The Kier molecular flexibility index (Phi) is 4.49. The SMILES string of the molecule is COc1ccc(Nc2nccc(C)n2)cc1-n1cc([C@@H]2CCCN2)nn1. The number of anilines is 2. The van der Waals surface area contributed by atoms with Crippen molar-refractivity contribution in [3.05, 3.63) is 48.0 Å². The molecule has 1 saturated heterocycles. The first-order chi connectivity index (χ1) is 12.7. The highest BCUT2D eigenvalue weighted by atomic mass is 16.5. The van der Waals surface area contributed by atoms with Crippen LogP contribution in [-0.2, 0) is 0 Å².